The maximum Gasteiger partial charge on any atom is 0.230 e. The molecule has 1 saturated heterocycles. The monoisotopic (exact) mass is 408 g/mol. The van der Waals surface area contributed by atoms with Gasteiger partial charge in [0.05, 0.1) is 12.3 Å². The molecule has 4 heterocycles. The highest BCUT2D eigenvalue weighted by Crippen LogP contribution is 2.31. The summed E-state index contributed by atoms with van der Waals surface area (Å²) in [5, 5.41) is 4.11. The second-order valence-electron chi connectivity index (χ2n) is 8.66. The molecule has 0 radical (unpaired) electrons. The second-order valence-corrected chi connectivity index (χ2v) is 8.66. The van der Waals surface area contributed by atoms with Crippen LogP contribution in [0.25, 0.3) is 11.5 Å². The number of hydrogen-bond donors (Lipinski definition) is 0. The first kappa shape index (κ1) is 20.4. The average molecular weight is 409 g/mol. The minimum Gasteiger partial charge on any atom is -0.378 e. The van der Waals surface area contributed by atoms with E-state index in [0.29, 0.717) is 18.3 Å². The van der Waals surface area contributed by atoms with Crippen molar-refractivity contribution in [2.24, 2.45) is 0 Å². The molecule has 0 spiro atoms. The van der Waals surface area contributed by atoms with Gasteiger partial charge >= 0.3 is 0 Å². The van der Waals surface area contributed by atoms with Crippen LogP contribution < -0.4 is 4.90 Å². The fourth-order valence-electron chi connectivity index (χ4n) is 3.56. The molecular formula is C22H28N6O2. The van der Waals surface area contributed by atoms with Gasteiger partial charge in [-0.25, -0.2) is 9.97 Å². The number of rotatable bonds is 5. The maximum absolute atomic E-state index is 5.55. The van der Waals surface area contributed by atoms with Crippen LogP contribution >= 0.6 is 0 Å². The summed E-state index contributed by atoms with van der Waals surface area (Å²) >= 11 is 0. The van der Waals surface area contributed by atoms with E-state index in [2.05, 4.69) is 45.8 Å². The molecule has 0 unspecified atom stereocenters. The molecule has 8 heteroatoms. The van der Waals surface area contributed by atoms with Crippen molar-refractivity contribution >= 4 is 5.82 Å². The molecule has 1 aliphatic rings. The van der Waals surface area contributed by atoms with Crippen LogP contribution in [0.15, 0.2) is 35.0 Å². The van der Waals surface area contributed by atoms with E-state index in [0.717, 1.165) is 49.0 Å². The van der Waals surface area contributed by atoms with Crippen molar-refractivity contribution < 1.29 is 9.26 Å². The molecule has 0 aliphatic carbocycles. The largest absolute Gasteiger partial charge is 0.378 e. The van der Waals surface area contributed by atoms with Gasteiger partial charge in [0.15, 0.2) is 0 Å². The molecule has 1 fully saturated rings. The minimum atomic E-state index is -0.123. The summed E-state index contributed by atoms with van der Waals surface area (Å²) in [5.41, 5.74) is 1.51. The van der Waals surface area contributed by atoms with E-state index < -0.39 is 0 Å². The van der Waals surface area contributed by atoms with E-state index in [1.54, 1.807) is 13.3 Å². The van der Waals surface area contributed by atoms with Gasteiger partial charge in [0.1, 0.15) is 17.3 Å². The predicted molar refractivity (Wildman–Crippen MR) is 113 cm³/mol. The van der Waals surface area contributed by atoms with E-state index in [9.17, 15) is 0 Å². The van der Waals surface area contributed by atoms with Crippen molar-refractivity contribution in [1.82, 2.24) is 25.1 Å². The van der Waals surface area contributed by atoms with Crippen LogP contribution in [0.1, 0.15) is 56.9 Å². The van der Waals surface area contributed by atoms with Crippen molar-refractivity contribution in [3.63, 3.8) is 0 Å². The minimum absolute atomic E-state index is 0.123. The van der Waals surface area contributed by atoms with Gasteiger partial charge in [-0.1, -0.05) is 32.0 Å². The number of methoxy groups -OCH3 is 1. The summed E-state index contributed by atoms with van der Waals surface area (Å²) in [6, 6.07) is 7.71. The third-order valence-electron chi connectivity index (χ3n) is 5.23. The lowest BCUT2D eigenvalue weighted by Gasteiger charge is -2.32. The van der Waals surface area contributed by atoms with Crippen molar-refractivity contribution in [3.05, 3.63) is 47.9 Å². The zero-order valence-corrected chi connectivity index (χ0v) is 18.0. The Hall–Kier alpha value is -2.87. The Kier molecular flexibility index (Phi) is 5.76. The Morgan fingerprint density at radius 1 is 1.13 bits per heavy atom. The molecule has 30 heavy (non-hydrogen) atoms. The number of aromatic nitrogens is 5. The summed E-state index contributed by atoms with van der Waals surface area (Å²) in [7, 11) is 1.69. The first-order valence-electron chi connectivity index (χ1n) is 10.3. The highest BCUT2D eigenvalue weighted by molar-refractivity contribution is 5.47. The summed E-state index contributed by atoms with van der Waals surface area (Å²) < 4.78 is 10.9. The standard InChI is InChI=1S/C22H28N6O2/c1-22(2,3)21-24-16(14-29-4)13-18(25-21)28-11-8-15(9-12-28)20-26-19(27-30-20)17-7-5-6-10-23-17/h5-7,10,13,15H,8-9,11-12,14H2,1-4H3. The van der Waals surface area contributed by atoms with Gasteiger partial charge < -0.3 is 14.2 Å². The Labute approximate surface area is 176 Å². The van der Waals surface area contributed by atoms with Gasteiger partial charge in [-0.2, -0.15) is 4.98 Å². The Bertz CT molecular complexity index is 975. The van der Waals surface area contributed by atoms with Crippen LogP contribution in [0, 0.1) is 0 Å². The SMILES string of the molecule is COCc1cc(N2CCC(c3nc(-c4ccccn4)no3)CC2)nc(C(C)(C)C)n1. The maximum atomic E-state index is 5.55. The highest BCUT2D eigenvalue weighted by atomic mass is 16.5. The number of pyridine rings is 1. The quantitative estimate of drug-likeness (QED) is 0.630. The second kappa shape index (κ2) is 8.47. The smallest absolute Gasteiger partial charge is 0.230 e. The molecule has 8 nitrogen and oxygen atoms in total. The first-order valence-corrected chi connectivity index (χ1v) is 10.3. The van der Waals surface area contributed by atoms with Gasteiger partial charge in [0.2, 0.25) is 11.7 Å². The summed E-state index contributed by atoms with van der Waals surface area (Å²) in [6.07, 6.45) is 3.59. The molecule has 3 aromatic rings. The van der Waals surface area contributed by atoms with Gasteiger partial charge in [0, 0.05) is 43.8 Å². The van der Waals surface area contributed by atoms with Crippen LogP contribution in [0.3, 0.4) is 0 Å². The molecule has 3 aromatic heterocycles. The van der Waals surface area contributed by atoms with Crippen molar-refractivity contribution in [2.45, 2.75) is 51.6 Å². The third-order valence-corrected chi connectivity index (χ3v) is 5.23. The first-order chi connectivity index (χ1) is 14.4. The van der Waals surface area contributed by atoms with Crippen molar-refractivity contribution in [2.75, 3.05) is 25.1 Å². The number of ether oxygens (including phenoxy) is 1. The van der Waals surface area contributed by atoms with Crippen molar-refractivity contribution in [3.8, 4) is 11.5 Å². The molecule has 0 aromatic carbocycles. The molecule has 158 valence electrons. The van der Waals surface area contributed by atoms with Crippen LogP contribution in [0.2, 0.25) is 0 Å². The average Bonchev–Trinajstić information content (AvgIpc) is 3.24. The predicted octanol–water partition coefficient (Wildman–Crippen LogP) is 3.75. The topological polar surface area (TPSA) is 90.1 Å². The van der Waals surface area contributed by atoms with E-state index in [-0.39, 0.29) is 11.3 Å². The fourth-order valence-corrected chi connectivity index (χ4v) is 3.56. The summed E-state index contributed by atoms with van der Waals surface area (Å²) in [6.45, 7) is 8.61. The van der Waals surface area contributed by atoms with E-state index in [1.807, 2.05) is 24.3 Å². The Balaban J connectivity index is 1.47. The molecule has 4 rings (SSSR count). The normalized spacial score (nSPS) is 15.5. The van der Waals surface area contributed by atoms with Gasteiger partial charge in [-0.05, 0) is 25.0 Å². The Morgan fingerprint density at radius 3 is 2.60 bits per heavy atom. The molecule has 0 atom stereocenters. The summed E-state index contributed by atoms with van der Waals surface area (Å²) in [5.74, 6) is 3.27. The molecule has 0 N–H and O–H groups in total. The van der Waals surface area contributed by atoms with Crippen LogP contribution in [-0.4, -0.2) is 45.3 Å². The van der Waals surface area contributed by atoms with Crippen LogP contribution in [0.5, 0.6) is 0 Å². The zero-order chi connectivity index (χ0) is 21.1. The van der Waals surface area contributed by atoms with Crippen LogP contribution in [0.4, 0.5) is 5.82 Å². The number of piperidine rings is 1. The summed E-state index contributed by atoms with van der Waals surface area (Å²) in [4.78, 5) is 20.7. The zero-order valence-electron chi connectivity index (χ0n) is 18.0. The molecule has 0 bridgehead atoms. The Morgan fingerprint density at radius 2 is 1.93 bits per heavy atom. The van der Waals surface area contributed by atoms with Crippen LogP contribution in [-0.2, 0) is 16.8 Å². The molecule has 0 amide bonds. The molecule has 0 saturated carbocycles. The number of hydrogen-bond acceptors (Lipinski definition) is 8. The molecule has 1 aliphatic heterocycles. The third kappa shape index (κ3) is 4.48. The lowest BCUT2D eigenvalue weighted by molar-refractivity contribution is 0.181. The molecular weight excluding hydrogens is 380 g/mol. The van der Waals surface area contributed by atoms with Gasteiger partial charge in [-0.15, -0.1) is 0 Å². The van der Waals surface area contributed by atoms with E-state index in [1.165, 1.54) is 0 Å². The number of nitrogens with zero attached hydrogens (tertiary/aromatic N) is 6. The van der Waals surface area contributed by atoms with E-state index in [4.69, 9.17) is 14.2 Å². The lowest BCUT2D eigenvalue weighted by atomic mass is 9.95. The van der Waals surface area contributed by atoms with Crippen molar-refractivity contribution in [1.29, 1.82) is 0 Å². The van der Waals surface area contributed by atoms with E-state index >= 15 is 0 Å². The highest BCUT2D eigenvalue weighted by Gasteiger charge is 2.28. The van der Waals surface area contributed by atoms with Gasteiger partial charge in [0.25, 0.3) is 0 Å². The fraction of sp³-hybridized carbons (Fsp3) is 0.500. The lowest BCUT2D eigenvalue weighted by Crippen LogP contribution is -2.34. The number of anilines is 1. The van der Waals surface area contributed by atoms with Gasteiger partial charge in [-0.3, -0.25) is 4.98 Å².